The highest BCUT2D eigenvalue weighted by molar-refractivity contribution is 5.45. The van der Waals surface area contributed by atoms with Crippen molar-refractivity contribution in [2.24, 2.45) is 0 Å². The van der Waals surface area contributed by atoms with Crippen molar-refractivity contribution in [1.29, 1.82) is 0 Å². The van der Waals surface area contributed by atoms with Crippen molar-refractivity contribution in [2.45, 2.75) is 18.6 Å². The fourth-order valence-electron chi connectivity index (χ4n) is 2.67. The minimum Gasteiger partial charge on any atom is -0.497 e. The van der Waals surface area contributed by atoms with Gasteiger partial charge in [0.25, 0.3) is 0 Å². The van der Waals surface area contributed by atoms with Crippen LogP contribution in [0.5, 0.6) is 17.2 Å². The van der Waals surface area contributed by atoms with Crippen LogP contribution in [0.1, 0.15) is 29.8 Å². The Hall–Kier alpha value is -2.20. The van der Waals surface area contributed by atoms with Crippen molar-refractivity contribution in [1.82, 2.24) is 0 Å². The van der Waals surface area contributed by atoms with Crippen LogP contribution >= 0.6 is 0 Å². The summed E-state index contributed by atoms with van der Waals surface area (Å²) in [6.45, 7) is 0. The SMILES string of the molecule is COc1ccc(C2CC(O)c3ccccc3O2)c(OC)c1. The number of aliphatic hydroxyl groups excluding tert-OH is 1. The molecule has 2 atom stereocenters. The second-order valence-corrected chi connectivity index (χ2v) is 5.00. The summed E-state index contributed by atoms with van der Waals surface area (Å²) in [5.74, 6) is 2.15. The molecule has 1 heterocycles. The van der Waals surface area contributed by atoms with Crippen molar-refractivity contribution in [3.8, 4) is 17.2 Å². The van der Waals surface area contributed by atoms with Crippen LogP contribution in [0.3, 0.4) is 0 Å². The standard InChI is InChI=1S/C17H18O4/c1-19-11-7-8-13(16(9-11)20-2)17-10-14(18)12-5-3-4-6-15(12)21-17/h3-9,14,17-18H,10H2,1-2H3. The van der Waals surface area contributed by atoms with E-state index < -0.39 is 6.10 Å². The first kappa shape index (κ1) is 13.8. The molecule has 110 valence electrons. The highest BCUT2D eigenvalue weighted by atomic mass is 16.5. The molecule has 2 unspecified atom stereocenters. The van der Waals surface area contributed by atoms with Gasteiger partial charge in [-0.1, -0.05) is 18.2 Å². The van der Waals surface area contributed by atoms with Gasteiger partial charge in [0.1, 0.15) is 23.4 Å². The van der Waals surface area contributed by atoms with E-state index in [1.807, 2.05) is 42.5 Å². The monoisotopic (exact) mass is 286 g/mol. The van der Waals surface area contributed by atoms with Crippen molar-refractivity contribution >= 4 is 0 Å². The fourth-order valence-corrected chi connectivity index (χ4v) is 2.67. The third-order valence-electron chi connectivity index (χ3n) is 3.77. The summed E-state index contributed by atoms with van der Waals surface area (Å²) in [6.07, 6.45) is -0.276. The molecular weight excluding hydrogens is 268 g/mol. The highest BCUT2D eigenvalue weighted by Crippen LogP contribution is 2.43. The Morgan fingerprint density at radius 3 is 2.62 bits per heavy atom. The minimum absolute atomic E-state index is 0.240. The molecular formula is C17H18O4. The molecule has 2 aromatic carbocycles. The first-order valence-electron chi connectivity index (χ1n) is 6.88. The van der Waals surface area contributed by atoms with Gasteiger partial charge in [-0.3, -0.25) is 0 Å². The van der Waals surface area contributed by atoms with Gasteiger partial charge < -0.3 is 19.3 Å². The predicted molar refractivity (Wildman–Crippen MR) is 78.9 cm³/mol. The van der Waals surface area contributed by atoms with E-state index in [-0.39, 0.29) is 6.10 Å². The maximum absolute atomic E-state index is 10.3. The second-order valence-electron chi connectivity index (χ2n) is 5.00. The maximum atomic E-state index is 10.3. The largest absolute Gasteiger partial charge is 0.497 e. The Bertz CT molecular complexity index is 638. The molecule has 4 nitrogen and oxygen atoms in total. The van der Waals surface area contributed by atoms with E-state index in [0.717, 1.165) is 22.6 Å². The molecule has 0 spiro atoms. The van der Waals surface area contributed by atoms with Gasteiger partial charge >= 0.3 is 0 Å². The van der Waals surface area contributed by atoms with Crippen molar-refractivity contribution in [3.63, 3.8) is 0 Å². The molecule has 1 aliphatic rings. The zero-order valence-corrected chi connectivity index (χ0v) is 12.1. The third kappa shape index (κ3) is 2.54. The molecule has 21 heavy (non-hydrogen) atoms. The van der Waals surface area contributed by atoms with E-state index in [9.17, 15) is 5.11 Å². The Balaban J connectivity index is 1.96. The molecule has 1 N–H and O–H groups in total. The Labute approximate surface area is 123 Å². The first-order chi connectivity index (χ1) is 10.2. The van der Waals surface area contributed by atoms with Crippen molar-refractivity contribution in [2.75, 3.05) is 14.2 Å². The summed E-state index contributed by atoms with van der Waals surface area (Å²) in [5, 5.41) is 10.3. The maximum Gasteiger partial charge on any atom is 0.130 e. The van der Waals surface area contributed by atoms with Crippen LogP contribution in [0.25, 0.3) is 0 Å². The average Bonchev–Trinajstić information content (AvgIpc) is 2.54. The average molecular weight is 286 g/mol. The third-order valence-corrected chi connectivity index (χ3v) is 3.77. The smallest absolute Gasteiger partial charge is 0.130 e. The fraction of sp³-hybridized carbons (Fsp3) is 0.294. The van der Waals surface area contributed by atoms with Gasteiger partial charge in [0.05, 0.1) is 20.3 Å². The summed E-state index contributed by atoms with van der Waals surface area (Å²) in [4.78, 5) is 0. The van der Waals surface area contributed by atoms with Gasteiger partial charge in [-0.05, 0) is 18.2 Å². The number of para-hydroxylation sites is 1. The molecule has 1 aliphatic heterocycles. The Kier molecular flexibility index (Phi) is 3.71. The molecule has 0 bridgehead atoms. The molecule has 0 amide bonds. The lowest BCUT2D eigenvalue weighted by Crippen LogP contribution is -2.19. The number of benzene rings is 2. The van der Waals surface area contributed by atoms with Gasteiger partial charge in [-0.25, -0.2) is 0 Å². The zero-order valence-electron chi connectivity index (χ0n) is 12.1. The van der Waals surface area contributed by atoms with E-state index in [1.165, 1.54) is 0 Å². The summed E-state index contributed by atoms with van der Waals surface area (Å²) >= 11 is 0. The van der Waals surface area contributed by atoms with Crippen LogP contribution in [0.4, 0.5) is 0 Å². The van der Waals surface area contributed by atoms with Crippen LogP contribution in [-0.2, 0) is 0 Å². The highest BCUT2D eigenvalue weighted by Gasteiger charge is 2.29. The number of ether oxygens (including phenoxy) is 3. The number of aliphatic hydroxyl groups is 1. The van der Waals surface area contributed by atoms with Crippen LogP contribution in [0, 0.1) is 0 Å². The molecule has 4 heteroatoms. The van der Waals surface area contributed by atoms with Crippen LogP contribution < -0.4 is 14.2 Å². The van der Waals surface area contributed by atoms with Crippen molar-refractivity contribution < 1.29 is 19.3 Å². The van der Waals surface area contributed by atoms with Gasteiger partial charge in [-0.2, -0.15) is 0 Å². The molecule has 0 aliphatic carbocycles. The molecule has 0 radical (unpaired) electrons. The quantitative estimate of drug-likeness (QED) is 0.941. The number of rotatable bonds is 3. The summed E-state index contributed by atoms with van der Waals surface area (Å²) in [6, 6.07) is 13.2. The number of hydrogen-bond donors (Lipinski definition) is 1. The summed E-state index contributed by atoms with van der Waals surface area (Å²) < 4.78 is 16.7. The van der Waals surface area contributed by atoms with E-state index >= 15 is 0 Å². The predicted octanol–water partition coefficient (Wildman–Crippen LogP) is 3.26. The van der Waals surface area contributed by atoms with Gasteiger partial charge in [0.15, 0.2) is 0 Å². The lowest BCUT2D eigenvalue weighted by atomic mass is 9.94. The van der Waals surface area contributed by atoms with Gasteiger partial charge in [0, 0.05) is 23.6 Å². The first-order valence-corrected chi connectivity index (χ1v) is 6.88. The molecule has 2 aromatic rings. The van der Waals surface area contributed by atoms with E-state index in [0.29, 0.717) is 12.2 Å². The Morgan fingerprint density at radius 2 is 1.86 bits per heavy atom. The van der Waals surface area contributed by atoms with Gasteiger partial charge in [-0.15, -0.1) is 0 Å². The van der Waals surface area contributed by atoms with Gasteiger partial charge in [0.2, 0.25) is 0 Å². The topological polar surface area (TPSA) is 47.9 Å². The minimum atomic E-state index is -0.535. The van der Waals surface area contributed by atoms with E-state index in [4.69, 9.17) is 14.2 Å². The number of methoxy groups -OCH3 is 2. The lowest BCUT2D eigenvalue weighted by Gasteiger charge is -2.30. The zero-order chi connectivity index (χ0) is 14.8. The summed E-state index contributed by atoms with van der Waals surface area (Å²) in [7, 11) is 3.23. The van der Waals surface area contributed by atoms with Crippen LogP contribution in [-0.4, -0.2) is 19.3 Å². The van der Waals surface area contributed by atoms with Crippen molar-refractivity contribution in [3.05, 3.63) is 53.6 Å². The second kappa shape index (κ2) is 5.66. The lowest BCUT2D eigenvalue weighted by molar-refractivity contribution is 0.0645. The molecule has 0 saturated heterocycles. The van der Waals surface area contributed by atoms with Crippen LogP contribution in [0.15, 0.2) is 42.5 Å². The van der Waals surface area contributed by atoms with E-state index in [2.05, 4.69) is 0 Å². The molecule has 0 saturated carbocycles. The number of hydrogen-bond acceptors (Lipinski definition) is 4. The van der Waals surface area contributed by atoms with Crippen LogP contribution in [0.2, 0.25) is 0 Å². The normalized spacial score (nSPS) is 20.3. The Morgan fingerprint density at radius 1 is 1.05 bits per heavy atom. The van der Waals surface area contributed by atoms with E-state index in [1.54, 1.807) is 14.2 Å². The molecule has 3 rings (SSSR count). The number of fused-ring (bicyclic) bond motifs is 1. The summed E-state index contributed by atoms with van der Waals surface area (Å²) in [5.41, 5.74) is 1.74. The molecule has 0 aromatic heterocycles. The molecule has 0 fully saturated rings.